The van der Waals surface area contributed by atoms with E-state index in [2.05, 4.69) is 20.8 Å². The molecule has 1 unspecified atom stereocenters. The fourth-order valence-electron chi connectivity index (χ4n) is 5.05. The highest BCUT2D eigenvalue weighted by molar-refractivity contribution is 4.61. The molecule has 0 aliphatic rings. The van der Waals surface area contributed by atoms with Crippen LogP contribution in [0.5, 0.6) is 0 Å². The number of unbranched alkanes of at least 4 members (excludes halogenated alkanes) is 19. The molecular weight excluding hydrogens is 386 g/mol. The molecular formula is C31H65N. The van der Waals surface area contributed by atoms with Crippen LogP contribution in [0.4, 0.5) is 0 Å². The van der Waals surface area contributed by atoms with E-state index in [4.69, 9.17) is 5.73 Å². The van der Waals surface area contributed by atoms with Gasteiger partial charge in [-0.05, 0) is 18.8 Å². The quantitative estimate of drug-likeness (QED) is 0.123. The molecule has 0 saturated carbocycles. The average molecular weight is 452 g/mol. The number of hydrogen-bond donors (Lipinski definition) is 1. The van der Waals surface area contributed by atoms with Crippen LogP contribution in [0.15, 0.2) is 0 Å². The Hall–Kier alpha value is -0.0400. The van der Waals surface area contributed by atoms with Crippen LogP contribution in [-0.4, -0.2) is 6.04 Å². The summed E-state index contributed by atoms with van der Waals surface area (Å²) in [5, 5.41) is 0. The number of hydrogen-bond acceptors (Lipinski definition) is 1. The molecule has 0 saturated heterocycles. The molecule has 0 spiro atoms. The predicted molar refractivity (Wildman–Crippen MR) is 149 cm³/mol. The van der Waals surface area contributed by atoms with Crippen LogP contribution in [0.1, 0.15) is 188 Å². The number of nitrogens with two attached hydrogens (primary N) is 1. The van der Waals surface area contributed by atoms with E-state index in [1.54, 1.807) is 0 Å². The topological polar surface area (TPSA) is 26.0 Å². The first kappa shape index (κ1) is 32.0. The third-order valence-electron chi connectivity index (χ3n) is 7.50. The molecule has 194 valence electrons. The maximum absolute atomic E-state index is 6.16. The zero-order chi connectivity index (χ0) is 23.5. The summed E-state index contributed by atoms with van der Waals surface area (Å²) in [6.45, 7) is 7.05. The Morgan fingerprint density at radius 2 is 0.656 bits per heavy atom. The molecule has 0 aliphatic heterocycles. The summed E-state index contributed by atoms with van der Waals surface area (Å²) in [5.41, 5.74) is 6.16. The van der Waals surface area contributed by atoms with Crippen molar-refractivity contribution in [1.29, 1.82) is 0 Å². The lowest BCUT2D eigenvalue weighted by molar-refractivity contribution is 0.430. The van der Waals surface area contributed by atoms with Crippen molar-refractivity contribution >= 4 is 0 Å². The normalized spacial score (nSPS) is 13.5. The second kappa shape index (κ2) is 27.2. The van der Waals surface area contributed by atoms with E-state index in [9.17, 15) is 0 Å². The zero-order valence-electron chi connectivity index (χ0n) is 23.1. The smallest absolute Gasteiger partial charge is 0.00388 e. The van der Waals surface area contributed by atoms with Crippen molar-refractivity contribution in [2.75, 3.05) is 0 Å². The first-order valence-electron chi connectivity index (χ1n) is 15.5. The second-order valence-corrected chi connectivity index (χ2v) is 11.1. The van der Waals surface area contributed by atoms with Gasteiger partial charge < -0.3 is 5.73 Å². The van der Waals surface area contributed by atoms with Crippen molar-refractivity contribution in [2.45, 2.75) is 194 Å². The van der Waals surface area contributed by atoms with E-state index < -0.39 is 0 Å². The van der Waals surface area contributed by atoms with Gasteiger partial charge in [0.05, 0.1) is 0 Å². The minimum atomic E-state index is 0.466. The summed E-state index contributed by atoms with van der Waals surface area (Å²) in [5.74, 6) is 0.962. The lowest BCUT2D eigenvalue weighted by Gasteiger charge is -2.11. The molecule has 0 aromatic carbocycles. The molecule has 2 N–H and O–H groups in total. The second-order valence-electron chi connectivity index (χ2n) is 11.1. The summed E-state index contributed by atoms with van der Waals surface area (Å²) < 4.78 is 0. The van der Waals surface area contributed by atoms with E-state index in [0.717, 1.165) is 5.92 Å². The van der Waals surface area contributed by atoms with Gasteiger partial charge in [-0.3, -0.25) is 0 Å². The Labute approximate surface area is 205 Å². The molecule has 1 heteroatoms. The molecule has 0 rings (SSSR count). The Morgan fingerprint density at radius 3 is 1.03 bits per heavy atom. The van der Waals surface area contributed by atoms with Crippen LogP contribution in [0.25, 0.3) is 0 Å². The SMILES string of the molecule is CCCCCCCCC[C@H](C)CCCCCCCCCCCCCCCC(N)CCCC. The fourth-order valence-corrected chi connectivity index (χ4v) is 5.05. The highest BCUT2D eigenvalue weighted by atomic mass is 14.6. The first-order chi connectivity index (χ1) is 15.7. The lowest BCUT2D eigenvalue weighted by atomic mass is 9.95. The minimum Gasteiger partial charge on any atom is -0.328 e. The fraction of sp³-hybridized carbons (Fsp3) is 1.00. The third kappa shape index (κ3) is 26.2. The third-order valence-corrected chi connectivity index (χ3v) is 7.50. The summed E-state index contributed by atoms with van der Waals surface area (Å²) in [6.07, 6.45) is 37.0. The van der Waals surface area contributed by atoms with Gasteiger partial charge in [-0.1, -0.05) is 175 Å². The Balaban J connectivity index is 3.15. The maximum atomic E-state index is 6.16. The van der Waals surface area contributed by atoms with Crippen molar-refractivity contribution in [3.8, 4) is 0 Å². The number of rotatable bonds is 27. The van der Waals surface area contributed by atoms with Gasteiger partial charge in [0.2, 0.25) is 0 Å². The van der Waals surface area contributed by atoms with E-state index in [0.29, 0.717) is 6.04 Å². The molecule has 32 heavy (non-hydrogen) atoms. The molecule has 0 bridgehead atoms. The predicted octanol–water partition coefficient (Wildman–Crippen LogP) is 11.1. The first-order valence-corrected chi connectivity index (χ1v) is 15.5. The van der Waals surface area contributed by atoms with Crippen molar-refractivity contribution in [3.05, 3.63) is 0 Å². The molecule has 0 heterocycles. The molecule has 0 fully saturated rings. The molecule has 0 radical (unpaired) electrons. The van der Waals surface area contributed by atoms with E-state index in [-0.39, 0.29) is 0 Å². The average Bonchev–Trinajstić information content (AvgIpc) is 2.79. The molecule has 2 atom stereocenters. The zero-order valence-corrected chi connectivity index (χ0v) is 23.1. The van der Waals surface area contributed by atoms with Gasteiger partial charge in [-0.25, -0.2) is 0 Å². The van der Waals surface area contributed by atoms with Gasteiger partial charge in [-0.15, -0.1) is 0 Å². The molecule has 1 nitrogen and oxygen atoms in total. The Kier molecular flexibility index (Phi) is 27.2. The van der Waals surface area contributed by atoms with Crippen molar-refractivity contribution in [2.24, 2.45) is 11.7 Å². The summed E-state index contributed by atoms with van der Waals surface area (Å²) in [7, 11) is 0. The van der Waals surface area contributed by atoms with Gasteiger partial charge >= 0.3 is 0 Å². The van der Waals surface area contributed by atoms with Crippen LogP contribution in [0, 0.1) is 5.92 Å². The van der Waals surface area contributed by atoms with Crippen LogP contribution in [0.3, 0.4) is 0 Å². The van der Waals surface area contributed by atoms with Gasteiger partial charge in [0.25, 0.3) is 0 Å². The van der Waals surface area contributed by atoms with Crippen LogP contribution in [-0.2, 0) is 0 Å². The van der Waals surface area contributed by atoms with Crippen molar-refractivity contribution in [1.82, 2.24) is 0 Å². The standard InChI is InChI=1S/C31H65N/c1-4-6-8-9-17-20-23-26-30(3)27-24-21-18-15-13-11-10-12-14-16-19-22-25-29-31(32)28-7-5-2/h30-31H,4-29,32H2,1-3H3/t30-,31?/m0/s1. The van der Waals surface area contributed by atoms with Gasteiger partial charge in [0.15, 0.2) is 0 Å². The summed E-state index contributed by atoms with van der Waals surface area (Å²) in [4.78, 5) is 0. The molecule has 0 aromatic heterocycles. The largest absolute Gasteiger partial charge is 0.328 e. The molecule has 0 aliphatic carbocycles. The monoisotopic (exact) mass is 452 g/mol. The minimum absolute atomic E-state index is 0.466. The van der Waals surface area contributed by atoms with E-state index in [1.165, 1.54) is 167 Å². The van der Waals surface area contributed by atoms with E-state index >= 15 is 0 Å². The van der Waals surface area contributed by atoms with E-state index in [1.807, 2.05) is 0 Å². The molecule has 0 amide bonds. The lowest BCUT2D eigenvalue weighted by Crippen LogP contribution is -2.19. The van der Waals surface area contributed by atoms with Gasteiger partial charge in [0, 0.05) is 6.04 Å². The highest BCUT2D eigenvalue weighted by Gasteiger charge is 2.03. The Morgan fingerprint density at radius 1 is 0.375 bits per heavy atom. The van der Waals surface area contributed by atoms with Crippen molar-refractivity contribution < 1.29 is 0 Å². The van der Waals surface area contributed by atoms with Crippen LogP contribution in [0.2, 0.25) is 0 Å². The highest BCUT2D eigenvalue weighted by Crippen LogP contribution is 2.19. The summed E-state index contributed by atoms with van der Waals surface area (Å²) in [6, 6.07) is 0.466. The van der Waals surface area contributed by atoms with Gasteiger partial charge in [0.1, 0.15) is 0 Å². The summed E-state index contributed by atoms with van der Waals surface area (Å²) >= 11 is 0. The van der Waals surface area contributed by atoms with Crippen LogP contribution < -0.4 is 5.73 Å². The van der Waals surface area contributed by atoms with Gasteiger partial charge in [-0.2, -0.15) is 0 Å². The Bertz CT molecular complexity index is 326. The maximum Gasteiger partial charge on any atom is 0.00388 e. The molecule has 0 aromatic rings. The van der Waals surface area contributed by atoms with Crippen molar-refractivity contribution in [3.63, 3.8) is 0 Å². The van der Waals surface area contributed by atoms with Crippen LogP contribution >= 0.6 is 0 Å².